The van der Waals surface area contributed by atoms with Gasteiger partial charge in [-0.25, -0.2) is 4.39 Å². The molecule has 0 saturated carbocycles. The minimum atomic E-state index is -0.257. The average molecular weight is 401 g/mol. The van der Waals surface area contributed by atoms with Crippen LogP contribution in [0.3, 0.4) is 0 Å². The predicted molar refractivity (Wildman–Crippen MR) is 112 cm³/mol. The van der Waals surface area contributed by atoms with Crippen molar-refractivity contribution in [2.24, 2.45) is 0 Å². The summed E-state index contributed by atoms with van der Waals surface area (Å²) < 4.78 is 13.0. The van der Waals surface area contributed by atoms with Gasteiger partial charge in [-0.1, -0.05) is 18.2 Å². The van der Waals surface area contributed by atoms with Gasteiger partial charge in [0.05, 0.1) is 5.75 Å². The number of hydrogen-bond donors (Lipinski definition) is 1. The van der Waals surface area contributed by atoms with Gasteiger partial charge in [0.1, 0.15) is 5.82 Å². The Kier molecular flexibility index (Phi) is 6.73. The molecule has 3 rings (SSSR count). The van der Waals surface area contributed by atoms with Gasteiger partial charge in [0.25, 0.3) is 5.91 Å². The SMILES string of the molecule is CC(C)NC(=O)c1cccc2c1CCCN2C(=O)CSCc1ccc(F)cc1. The van der Waals surface area contributed by atoms with Gasteiger partial charge >= 0.3 is 0 Å². The predicted octanol–water partition coefficient (Wildman–Crippen LogP) is 4.18. The topological polar surface area (TPSA) is 49.4 Å². The van der Waals surface area contributed by atoms with Crippen molar-refractivity contribution in [2.75, 3.05) is 17.2 Å². The highest BCUT2D eigenvalue weighted by atomic mass is 32.2. The van der Waals surface area contributed by atoms with E-state index < -0.39 is 0 Å². The fourth-order valence-electron chi connectivity index (χ4n) is 3.35. The van der Waals surface area contributed by atoms with Crippen LogP contribution in [-0.2, 0) is 17.0 Å². The van der Waals surface area contributed by atoms with E-state index in [2.05, 4.69) is 5.32 Å². The molecule has 2 aromatic carbocycles. The summed E-state index contributed by atoms with van der Waals surface area (Å²) in [5.41, 5.74) is 3.44. The minimum Gasteiger partial charge on any atom is -0.350 e. The molecule has 4 nitrogen and oxygen atoms in total. The van der Waals surface area contributed by atoms with Crippen molar-refractivity contribution in [3.05, 3.63) is 65.0 Å². The lowest BCUT2D eigenvalue weighted by atomic mass is 9.95. The van der Waals surface area contributed by atoms with E-state index in [0.717, 1.165) is 29.7 Å². The van der Waals surface area contributed by atoms with Crippen molar-refractivity contribution in [2.45, 2.75) is 38.5 Å². The third kappa shape index (κ3) is 4.93. The number of nitrogens with one attached hydrogen (secondary N) is 1. The maximum atomic E-state index is 13.0. The molecule has 6 heteroatoms. The third-order valence-electron chi connectivity index (χ3n) is 4.62. The monoisotopic (exact) mass is 400 g/mol. The molecular weight excluding hydrogens is 375 g/mol. The summed E-state index contributed by atoms with van der Waals surface area (Å²) in [6.07, 6.45) is 1.64. The van der Waals surface area contributed by atoms with Crippen LogP contribution in [0.5, 0.6) is 0 Å². The van der Waals surface area contributed by atoms with Crippen molar-refractivity contribution in [1.29, 1.82) is 0 Å². The van der Waals surface area contributed by atoms with Gasteiger partial charge in [-0.15, -0.1) is 11.8 Å². The first kappa shape index (κ1) is 20.4. The second kappa shape index (κ2) is 9.24. The Morgan fingerprint density at radius 3 is 2.64 bits per heavy atom. The zero-order valence-corrected chi connectivity index (χ0v) is 17.0. The van der Waals surface area contributed by atoms with E-state index in [0.29, 0.717) is 23.6 Å². The maximum Gasteiger partial charge on any atom is 0.251 e. The second-order valence-electron chi connectivity index (χ2n) is 7.20. The lowest BCUT2D eigenvalue weighted by Crippen LogP contribution is -2.38. The van der Waals surface area contributed by atoms with Crippen molar-refractivity contribution < 1.29 is 14.0 Å². The molecule has 28 heavy (non-hydrogen) atoms. The second-order valence-corrected chi connectivity index (χ2v) is 8.19. The molecule has 0 fully saturated rings. The van der Waals surface area contributed by atoms with Gasteiger partial charge in [0, 0.05) is 29.6 Å². The molecule has 0 bridgehead atoms. The van der Waals surface area contributed by atoms with Crippen LogP contribution in [0.15, 0.2) is 42.5 Å². The number of nitrogens with zero attached hydrogens (tertiary/aromatic N) is 1. The van der Waals surface area contributed by atoms with Crippen LogP contribution in [0.4, 0.5) is 10.1 Å². The molecule has 2 aromatic rings. The van der Waals surface area contributed by atoms with E-state index in [1.807, 2.05) is 32.0 Å². The fourth-order valence-corrected chi connectivity index (χ4v) is 4.21. The first-order valence-electron chi connectivity index (χ1n) is 9.51. The number of carbonyl (C=O) groups excluding carboxylic acids is 2. The van der Waals surface area contributed by atoms with Crippen molar-refractivity contribution in [3.8, 4) is 0 Å². The smallest absolute Gasteiger partial charge is 0.251 e. The number of carbonyl (C=O) groups is 2. The highest BCUT2D eigenvalue weighted by molar-refractivity contribution is 7.99. The van der Waals surface area contributed by atoms with Crippen LogP contribution in [0.25, 0.3) is 0 Å². The van der Waals surface area contributed by atoms with Crippen molar-refractivity contribution in [3.63, 3.8) is 0 Å². The third-order valence-corrected chi connectivity index (χ3v) is 5.61. The Labute approximate surface area is 169 Å². The van der Waals surface area contributed by atoms with Crippen LogP contribution < -0.4 is 10.2 Å². The van der Waals surface area contributed by atoms with Crippen molar-refractivity contribution >= 4 is 29.3 Å². The van der Waals surface area contributed by atoms with E-state index in [4.69, 9.17) is 0 Å². The highest BCUT2D eigenvalue weighted by Crippen LogP contribution is 2.30. The quantitative estimate of drug-likeness (QED) is 0.792. The summed E-state index contributed by atoms with van der Waals surface area (Å²) in [7, 11) is 0. The first-order valence-corrected chi connectivity index (χ1v) is 10.7. The van der Waals surface area contributed by atoms with Gasteiger partial charge in [-0.05, 0) is 62.1 Å². The Balaban J connectivity index is 1.68. The Morgan fingerprint density at radius 2 is 1.93 bits per heavy atom. The van der Waals surface area contributed by atoms with E-state index in [1.165, 1.54) is 23.9 Å². The zero-order chi connectivity index (χ0) is 20.1. The molecule has 0 aliphatic carbocycles. The number of amides is 2. The molecule has 0 atom stereocenters. The largest absolute Gasteiger partial charge is 0.350 e. The summed E-state index contributed by atoms with van der Waals surface area (Å²) in [6.45, 7) is 4.53. The minimum absolute atomic E-state index is 0.0366. The van der Waals surface area contributed by atoms with Gasteiger partial charge in [0.2, 0.25) is 5.91 Å². The Bertz CT molecular complexity index is 852. The van der Waals surface area contributed by atoms with E-state index in [1.54, 1.807) is 17.0 Å². The van der Waals surface area contributed by atoms with Crippen LogP contribution in [0.1, 0.15) is 41.8 Å². The zero-order valence-electron chi connectivity index (χ0n) is 16.2. The standard InChI is InChI=1S/C22H25FN2O2S/c1-15(2)24-22(27)19-5-3-7-20-18(19)6-4-12-25(20)21(26)14-28-13-16-8-10-17(23)11-9-16/h3,5,7-11,15H,4,6,12-14H2,1-2H3,(H,24,27). The molecule has 1 heterocycles. The number of halogens is 1. The summed E-state index contributed by atoms with van der Waals surface area (Å²) in [5, 5.41) is 2.94. The van der Waals surface area contributed by atoms with Crippen LogP contribution in [-0.4, -0.2) is 30.2 Å². The average Bonchev–Trinajstić information content (AvgIpc) is 2.68. The van der Waals surface area contributed by atoms with E-state index in [-0.39, 0.29) is 23.7 Å². The summed E-state index contributed by atoms with van der Waals surface area (Å²) in [6, 6.07) is 12.0. The Hall–Kier alpha value is -2.34. The van der Waals surface area contributed by atoms with E-state index >= 15 is 0 Å². The maximum absolute atomic E-state index is 13.0. The summed E-state index contributed by atoms with van der Waals surface area (Å²) >= 11 is 1.51. The molecule has 148 valence electrons. The van der Waals surface area contributed by atoms with Crippen LogP contribution >= 0.6 is 11.8 Å². The first-order chi connectivity index (χ1) is 13.5. The number of thioether (sulfide) groups is 1. The molecule has 0 saturated heterocycles. The summed E-state index contributed by atoms with van der Waals surface area (Å²) in [5.74, 6) is 0.691. The highest BCUT2D eigenvalue weighted by Gasteiger charge is 2.26. The van der Waals surface area contributed by atoms with Gasteiger partial charge in [-0.3, -0.25) is 9.59 Å². The number of anilines is 1. The van der Waals surface area contributed by atoms with Crippen LogP contribution in [0.2, 0.25) is 0 Å². The lowest BCUT2D eigenvalue weighted by molar-refractivity contribution is -0.116. The molecule has 2 amide bonds. The molecule has 1 aliphatic heterocycles. The van der Waals surface area contributed by atoms with Gasteiger partial charge in [0.15, 0.2) is 0 Å². The normalized spacial score (nSPS) is 13.4. The van der Waals surface area contributed by atoms with Crippen LogP contribution in [0, 0.1) is 5.82 Å². The molecule has 0 spiro atoms. The van der Waals surface area contributed by atoms with E-state index in [9.17, 15) is 14.0 Å². The fraction of sp³-hybridized carbons (Fsp3) is 0.364. The molecule has 1 aliphatic rings. The lowest BCUT2D eigenvalue weighted by Gasteiger charge is -2.31. The summed E-state index contributed by atoms with van der Waals surface area (Å²) in [4.78, 5) is 27.1. The number of fused-ring (bicyclic) bond motifs is 1. The molecule has 0 unspecified atom stereocenters. The molecular formula is C22H25FN2O2S. The van der Waals surface area contributed by atoms with Gasteiger partial charge < -0.3 is 10.2 Å². The van der Waals surface area contributed by atoms with Crippen molar-refractivity contribution in [1.82, 2.24) is 5.32 Å². The Morgan fingerprint density at radius 1 is 1.18 bits per heavy atom. The molecule has 0 aromatic heterocycles. The number of rotatable bonds is 6. The van der Waals surface area contributed by atoms with Gasteiger partial charge in [-0.2, -0.15) is 0 Å². The number of benzene rings is 2. The molecule has 1 N–H and O–H groups in total. The molecule has 0 radical (unpaired) electrons. The number of hydrogen-bond acceptors (Lipinski definition) is 3.